The summed E-state index contributed by atoms with van der Waals surface area (Å²) in [7, 11) is 0. The molecule has 0 saturated heterocycles. The van der Waals surface area contributed by atoms with Crippen LogP contribution >= 0.6 is 46.1 Å². The fourth-order valence-electron chi connectivity index (χ4n) is 2.18. The average molecular weight is 428 g/mol. The van der Waals surface area contributed by atoms with Gasteiger partial charge in [-0.1, -0.05) is 46.9 Å². The second-order valence-electron chi connectivity index (χ2n) is 5.29. The number of ether oxygens (including phenoxy) is 1. The Kier molecular flexibility index (Phi) is 6.38. The maximum absolute atomic E-state index is 12.3. The summed E-state index contributed by atoms with van der Waals surface area (Å²) in [6.45, 7) is 0. The van der Waals surface area contributed by atoms with Gasteiger partial charge in [-0.05, 0) is 36.8 Å². The maximum atomic E-state index is 12.3. The number of thiophene rings is 1. The number of carbonyl (C=O) groups excluding carboxylic acids is 1. The number of carbonyl (C=O) groups is 1. The number of anilines is 1. The molecule has 0 aliphatic carbocycles. The first-order valence-corrected chi connectivity index (χ1v) is 9.58. The van der Waals surface area contributed by atoms with Crippen LogP contribution in [0.1, 0.15) is 11.3 Å². The molecule has 3 rings (SSSR count). The van der Waals surface area contributed by atoms with Gasteiger partial charge in [-0.2, -0.15) is 0 Å². The molecule has 2 aromatic heterocycles. The predicted octanol–water partition coefficient (Wildman–Crippen LogP) is 6.47. The summed E-state index contributed by atoms with van der Waals surface area (Å²) < 4.78 is 6.44. The van der Waals surface area contributed by atoms with Crippen LogP contribution in [0, 0.1) is 0 Å². The van der Waals surface area contributed by atoms with E-state index in [-0.39, 0.29) is 16.8 Å². The zero-order valence-electron chi connectivity index (χ0n) is 13.3. The Hall–Kier alpha value is -1.79. The minimum atomic E-state index is -0.124. The number of nitrogens with zero attached hydrogens (tertiary/aromatic N) is 1. The molecule has 8 heteroatoms. The molecular weight excluding hydrogens is 415 g/mol. The monoisotopic (exact) mass is 426 g/mol. The largest absolute Gasteiger partial charge is 0.435 e. The molecular formula is C18H13Cl3N2O2S. The van der Waals surface area contributed by atoms with E-state index in [0.717, 1.165) is 4.88 Å². The standard InChI is InChI=1S/C18H13Cl3N2O2S/c19-11-9-13(20)18(22-10-11)25-15-4-2-1-3-14(15)23-17(24)8-6-12-5-7-16(21)26-12/h1-5,7,9-10H,6,8H2,(H,23,24). The van der Waals surface area contributed by atoms with Gasteiger partial charge in [-0.15, -0.1) is 11.3 Å². The normalized spacial score (nSPS) is 10.6. The zero-order valence-corrected chi connectivity index (χ0v) is 16.4. The Morgan fingerprint density at radius 3 is 2.69 bits per heavy atom. The van der Waals surface area contributed by atoms with Crippen molar-refractivity contribution in [1.82, 2.24) is 4.98 Å². The number of amides is 1. The lowest BCUT2D eigenvalue weighted by molar-refractivity contribution is -0.116. The smallest absolute Gasteiger partial charge is 0.238 e. The van der Waals surface area contributed by atoms with Crippen molar-refractivity contribution in [3.8, 4) is 11.6 Å². The van der Waals surface area contributed by atoms with Crippen LogP contribution in [0.5, 0.6) is 11.6 Å². The van der Waals surface area contributed by atoms with Crippen LogP contribution in [0.4, 0.5) is 5.69 Å². The fourth-order valence-corrected chi connectivity index (χ4v) is 3.68. The zero-order chi connectivity index (χ0) is 18.5. The summed E-state index contributed by atoms with van der Waals surface area (Å²) in [6, 6.07) is 12.4. The third kappa shape index (κ3) is 5.11. The minimum absolute atomic E-state index is 0.124. The molecule has 0 spiro atoms. The van der Waals surface area contributed by atoms with E-state index in [1.165, 1.54) is 17.5 Å². The van der Waals surface area contributed by atoms with Crippen molar-refractivity contribution in [1.29, 1.82) is 0 Å². The molecule has 3 aromatic rings. The third-order valence-corrected chi connectivity index (χ3v) is 5.14. The van der Waals surface area contributed by atoms with Crippen LogP contribution in [0.15, 0.2) is 48.7 Å². The average Bonchev–Trinajstić information content (AvgIpc) is 3.02. The quantitative estimate of drug-likeness (QED) is 0.490. The molecule has 1 N–H and O–H groups in total. The SMILES string of the molecule is O=C(CCc1ccc(Cl)s1)Nc1ccccc1Oc1ncc(Cl)cc1Cl. The van der Waals surface area contributed by atoms with Gasteiger partial charge in [0.2, 0.25) is 11.8 Å². The molecule has 2 heterocycles. The lowest BCUT2D eigenvalue weighted by Gasteiger charge is -2.12. The highest BCUT2D eigenvalue weighted by atomic mass is 35.5. The number of pyridine rings is 1. The van der Waals surface area contributed by atoms with Gasteiger partial charge < -0.3 is 10.1 Å². The van der Waals surface area contributed by atoms with E-state index in [4.69, 9.17) is 39.5 Å². The summed E-state index contributed by atoms with van der Waals surface area (Å²) in [5, 5.41) is 3.55. The van der Waals surface area contributed by atoms with Crippen molar-refractivity contribution < 1.29 is 9.53 Å². The molecule has 134 valence electrons. The maximum Gasteiger partial charge on any atom is 0.238 e. The summed E-state index contributed by atoms with van der Waals surface area (Å²) >= 11 is 19.3. The molecule has 0 aliphatic rings. The highest BCUT2D eigenvalue weighted by Crippen LogP contribution is 2.33. The molecule has 0 atom stereocenters. The van der Waals surface area contributed by atoms with Crippen molar-refractivity contribution >= 4 is 57.7 Å². The van der Waals surface area contributed by atoms with Gasteiger partial charge in [0.1, 0.15) is 5.02 Å². The molecule has 4 nitrogen and oxygen atoms in total. The summed E-state index contributed by atoms with van der Waals surface area (Å²) in [6.07, 6.45) is 2.40. The van der Waals surface area contributed by atoms with Crippen molar-refractivity contribution in [2.75, 3.05) is 5.32 Å². The number of hydrogen-bond donors (Lipinski definition) is 1. The predicted molar refractivity (Wildman–Crippen MR) is 107 cm³/mol. The number of para-hydroxylation sites is 2. The molecule has 0 bridgehead atoms. The molecule has 0 aliphatic heterocycles. The Bertz CT molecular complexity index is 930. The van der Waals surface area contributed by atoms with E-state index in [1.54, 1.807) is 30.3 Å². The number of benzene rings is 1. The van der Waals surface area contributed by atoms with E-state index >= 15 is 0 Å². The van der Waals surface area contributed by atoms with E-state index < -0.39 is 0 Å². The van der Waals surface area contributed by atoms with Gasteiger partial charge in [-0.25, -0.2) is 4.98 Å². The summed E-state index contributed by atoms with van der Waals surface area (Å²) in [5.41, 5.74) is 0.537. The van der Waals surface area contributed by atoms with Crippen LogP contribution < -0.4 is 10.1 Å². The number of rotatable bonds is 6. The molecule has 1 amide bonds. The molecule has 0 radical (unpaired) electrons. The second kappa shape index (κ2) is 8.73. The van der Waals surface area contributed by atoms with Crippen molar-refractivity contribution in [3.63, 3.8) is 0 Å². The van der Waals surface area contributed by atoms with E-state index in [0.29, 0.717) is 33.6 Å². The number of nitrogens with one attached hydrogen (secondary N) is 1. The van der Waals surface area contributed by atoms with Crippen LogP contribution in [0.3, 0.4) is 0 Å². The van der Waals surface area contributed by atoms with Gasteiger partial charge >= 0.3 is 0 Å². The number of aryl methyl sites for hydroxylation is 1. The molecule has 26 heavy (non-hydrogen) atoms. The number of aromatic nitrogens is 1. The topological polar surface area (TPSA) is 51.2 Å². The van der Waals surface area contributed by atoms with E-state index in [2.05, 4.69) is 10.3 Å². The van der Waals surface area contributed by atoms with Crippen LogP contribution in [0.25, 0.3) is 0 Å². The Morgan fingerprint density at radius 1 is 1.15 bits per heavy atom. The minimum Gasteiger partial charge on any atom is -0.435 e. The van der Waals surface area contributed by atoms with Crippen molar-refractivity contribution in [2.24, 2.45) is 0 Å². The Labute approximate surface area is 169 Å². The Morgan fingerprint density at radius 2 is 1.96 bits per heavy atom. The lowest BCUT2D eigenvalue weighted by atomic mass is 10.2. The van der Waals surface area contributed by atoms with Crippen LogP contribution in [0.2, 0.25) is 14.4 Å². The first kappa shape index (κ1) is 19.0. The highest BCUT2D eigenvalue weighted by molar-refractivity contribution is 7.16. The first-order valence-electron chi connectivity index (χ1n) is 7.63. The Balaban J connectivity index is 1.67. The summed E-state index contributed by atoms with van der Waals surface area (Å²) in [4.78, 5) is 17.4. The van der Waals surface area contributed by atoms with E-state index in [1.807, 2.05) is 12.1 Å². The second-order valence-corrected chi connectivity index (χ2v) is 7.94. The fraction of sp³-hybridized carbons (Fsp3) is 0.111. The van der Waals surface area contributed by atoms with Crippen molar-refractivity contribution in [3.05, 3.63) is 67.9 Å². The van der Waals surface area contributed by atoms with Gasteiger partial charge in [0.25, 0.3) is 0 Å². The molecule has 0 unspecified atom stereocenters. The molecule has 1 aromatic carbocycles. The van der Waals surface area contributed by atoms with Crippen LogP contribution in [-0.4, -0.2) is 10.9 Å². The highest BCUT2D eigenvalue weighted by Gasteiger charge is 2.12. The summed E-state index contributed by atoms with van der Waals surface area (Å²) in [5.74, 6) is 0.531. The molecule has 0 saturated carbocycles. The third-order valence-electron chi connectivity index (χ3n) is 3.37. The molecule has 0 fully saturated rings. The van der Waals surface area contributed by atoms with Gasteiger partial charge in [-0.3, -0.25) is 4.79 Å². The van der Waals surface area contributed by atoms with E-state index in [9.17, 15) is 4.79 Å². The van der Waals surface area contributed by atoms with Gasteiger partial charge in [0.05, 0.1) is 15.0 Å². The first-order chi connectivity index (χ1) is 12.5. The van der Waals surface area contributed by atoms with Gasteiger partial charge in [0, 0.05) is 17.5 Å². The van der Waals surface area contributed by atoms with Crippen molar-refractivity contribution in [2.45, 2.75) is 12.8 Å². The lowest BCUT2D eigenvalue weighted by Crippen LogP contribution is -2.12. The number of hydrogen-bond acceptors (Lipinski definition) is 4. The number of halogens is 3. The van der Waals surface area contributed by atoms with Gasteiger partial charge in [0.15, 0.2) is 5.75 Å². The van der Waals surface area contributed by atoms with Crippen LogP contribution in [-0.2, 0) is 11.2 Å².